The molecule has 0 spiro atoms. The number of anilines is 2. The third-order valence-corrected chi connectivity index (χ3v) is 3.07. The summed E-state index contributed by atoms with van der Waals surface area (Å²) in [6.45, 7) is 2.18. The highest BCUT2D eigenvalue weighted by atomic mass is 35.5. The first kappa shape index (κ1) is 11.5. The molecule has 0 bridgehead atoms. The Kier molecular flexibility index (Phi) is 3.51. The van der Waals surface area contributed by atoms with Crippen LogP contribution in [0.1, 0.15) is 12.8 Å². The van der Waals surface area contributed by atoms with Gasteiger partial charge in [-0.3, -0.25) is 0 Å². The van der Waals surface area contributed by atoms with Crippen LogP contribution < -0.4 is 11.1 Å². The molecular formula is C11H17ClN4. The Bertz CT molecular complexity index is 369. The van der Waals surface area contributed by atoms with Gasteiger partial charge in [-0.25, -0.2) is 4.98 Å². The molecule has 1 fully saturated rings. The Morgan fingerprint density at radius 2 is 2.38 bits per heavy atom. The van der Waals surface area contributed by atoms with Crippen molar-refractivity contribution in [2.45, 2.75) is 18.9 Å². The van der Waals surface area contributed by atoms with E-state index in [0.29, 0.717) is 22.7 Å². The minimum atomic E-state index is 0.409. The average Bonchev–Trinajstić information content (AvgIpc) is 2.24. The minimum absolute atomic E-state index is 0.409. The molecule has 4 nitrogen and oxygen atoms in total. The lowest BCUT2D eigenvalue weighted by atomic mass is 10.1. The Labute approximate surface area is 101 Å². The van der Waals surface area contributed by atoms with Gasteiger partial charge in [0, 0.05) is 12.6 Å². The molecule has 1 aliphatic rings. The lowest BCUT2D eigenvalue weighted by Gasteiger charge is -2.30. The number of hydrogen-bond donors (Lipinski definition) is 2. The summed E-state index contributed by atoms with van der Waals surface area (Å²) in [6.07, 6.45) is 2.35. The molecule has 0 aliphatic carbocycles. The number of hydrogen-bond acceptors (Lipinski definition) is 4. The summed E-state index contributed by atoms with van der Waals surface area (Å²) in [5.74, 6) is 0.702. The summed E-state index contributed by atoms with van der Waals surface area (Å²) in [7, 11) is 2.13. The number of nitrogens with two attached hydrogens (primary N) is 1. The van der Waals surface area contributed by atoms with Crippen molar-refractivity contribution in [1.29, 1.82) is 0 Å². The van der Waals surface area contributed by atoms with Gasteiger partial charge in [-0.2, -0.15) is 0 Å². The van der Waals surface area contributed by atoms with Crippen LogP contribution in [-0.2, 0) is 0 Å². The van der Waals surface area contributed by atoms with Gasteiger partial charge in [0.05, 0.1) is 5.69 Å². The minimum Gasteiger partial charge on any atom is -0.396 e. The predicted molar refractivity (Wildman–Crippen MR) is 67.8 cm³/mol. The van der Waals surface area contributed by atoms with Gasteiger partial charge in [0.2, 0.25) is 0 Å². The van der Waals surface area contributed by atoms with Crippen LogP contribution in [0.2, 0.25) is 5.15 Å². The SMILES string of the molecule is CN1CCCC(Nc2nc(Cl)ccc2N)C1. The Morgan fingerprint density at radius 1 is 1.56 bits per heavy atom. The standard InChI is InChI=1S/C11H17ClN4/c1-16-6-2-3-8(7-16)14-11-9(13)4-5-10(12)15-11/h4-5,8H,2-3,6-7,13H2,1H3,(H,14,15). The molecule has 3 N–H and O–H groups in total. The van der Waals surface area contributed by atoms with Crippen molar-refractivity contribution in [1.82, 2.24) is 9.88 Å². The third-order valence-electron chi connectivity index (χ3n) is 2.86. The van der Waals surface area contributed by atoms with Crippen LogP contribution >= 0.6 is 11.6 Å². The van der Waals surface area contributed by atoms with E-state index in [0.717, 1.165) is 19.5 Å². The normalized spacial score (nSPS) is 22.0. The predicted octanol–water partition coefficient (Wildman–Crippen LogP) is 1.82. The Balaban J connectivity index is 2.05. The van der Waals surface area contributed by atoms with Crippen molar-refractivity contribution in [2.75, 3.05) is 31.2 Å². The summed E-state index contributed by atoms with van der Waals surface area (Å²) in [5, 5.41) is 3.83. The van der Waals surface area contributed by atoms with Crippen molar-refractivity contribution in [3.63, 3.8) is 0 Å². The Hall–Kier alpha value is -1.00. The highest BCUT2D eigenvalue weighted by Crippen LogP contribution is 2.21. The molecule has 2 heterocycles. The first-order valence-electron chi connectivity index (χ1n) is 5.52. The van der Waals surface area contributed by atoms with Gasteiger partial charge in [0.15, 0.2) is 5.82 Å². The van der Waals surface area contributed by atoms with Gasteiger partial charge in [-0.05, 0) is 38.6 Å². The summed E-state index contributed by atoms with van der Waals surface area (Å²) in [4.78, 5) is 6.51. The highest BCUT2D eigenvalue weighted by Gasteiger charge is 2.18. The van der Waals surface area contributed by atoms with Gasteiger partial charge in [-0.1, -0.05) is 11.6 Å². The van der Waals surface area contributed by atoms with E-state index in [4.69, 9.17) is 17.3 Å². The van der Waals surface area contributed by atoms with Crippen LogP contribution in [0.3, 0.4) is 0 Å². The largest absolute Gasteiger partial charge is 0.396 e. The zero-order valence-electron chi connectivity index (χ0n) is 9.41. The molecule has 5 heteroatoms. The summed E-state index contributed by atoms with van der Waals surface area (Å²) in [5.41, 5.74) is 6.49. The van der Waals surface area contributed by atoms with Crippen molar-refractivity contribution in [2.24, 2.45) is 0 Å². The number of pyridine rings is 1. The molecule has 0 amide bonds. The fourth-order valence-electron chi connectivity index (χ4n) is 2.04. The number of likely N-dealkylation sites (N-methyl/N-ethyl adjacent to an activating group) is 1. The third kappa shape index (κ3) is 2.77. The van der Waals surface area contributed by atoms with Crippen molar-refractivity contribution < 1.29 is 0 Å². The summed E-state index contributed by atoms with van der Waals surface area (Å²) in [6, 6.07) is 3.89. The molecule has 1 aromatic heterocycles. The topological polar surface area (TPSA) is 54.2 Å². The molecule has 1 unspecified atom stereocenters. The number of halogens is 1. The van der Waals surface area contributed by atoms with E-state index in [2.05, 4.69) is 22.2 Å². The van der Waals surface area contributed by atoms with E-state index in [1.807, 2.05) is 0 Å². The number of aromatic nitrogens is 1. The van der Waals surface area contributed by atoms with Crippen LogP contribution in [0.5, 0.6) is 0 Å². The molecule has 1 atom stereocenters. The molecule has 1 aromatic rings. The smallest absolute Gasteiger partial charge is 0.151 e. The van der Waals surface area contributed by atoms with Crippen molar-refractivity contribution >= 4 is 23.1 Å². The molecule has 16 heavy (non-hydrogen) atoms. The van der Waals surface area contributed by atoms with Gasteiger partial charge < -0.3 is 16.0 Å². The number of nitrogen functional groups attached to an aromatic ring is 1. The van der Waals surface area contributed by atoms with Crippen LogP contribution in [0.25, 0.3) is 0 Å². The van der Waals surface area contributed by atoms with E-state index in [1.54, 1.807) is 12.1 Å². The van der Waals surface area contributed by atoms with Gasteiger partial charge in [-0.15, -0.1) is 0 Å². The van der Waals surface area contributed by atoms with Crippen LogP contribution in [0.15, 0.2) is 12.1 Å². The van der Waals surface area contributed by atoms with Crippen LogP contribution in [0.4, 0.5) is 11.5 Å². The molecule has 1 saturated heterocycles. The monoisotopic (exact) mass is 240 g/mol. The van der Waals surface area contributed by atoms with Crippen LogP contribution in [-0.4, -0.2) is 36.1 Å². The molecule has 0 saturated carbocycles. The fourth-order valence-corrected chi connectivity index (χ4v) is 2.19. The van der Waals surface area contributed by atoms with Gasteiger partial charge >= 0.3 is 0 Å². The average molecular weight is 241 g/mol. The fraction of sp³-hybridized carbons (Fsp3) is 0.545. The van der Waals surface area contributed by atoms with Crippen molar-refractivity contribution in [3.8, 4) is 0 Å². The van der Waals surface area contributed by atoms with Crippen molar-refractivity contribution in [3.05, 3.63) is 17.3 Å². The van der Waals surface area contributed by atoms with E-state index in [1.165, 1.54) is 6.42 Å². The highest BCUT2D eigenvalue weighted by molar-refractivity contribution is 6.29. The second kappa shape index (κ2) is 4.89. The zero-order valence-corrected chi connectivity index (χ0v) is 10.2. The van der Waals surface area contributed by atoms with Gasteiger partial charge in [0.25, 0.3) is 0 Å². The van der Waals surface area contributed by atoms with E-state index < -0.39 is 0 Å². The molecule has 0 aromatic carbocycles. The summed E-state index contributed by atoms with van der Waals surface area (Å²) < 4.78 is 0. The second-order valence-electron chi connectivity index (χ2n) is 4.32. The molecule has 0 radical (unpaired) electrons. The molecule has 2 rings (SSSR count). The second-order valence-corrected chi connectivity index (χ2v) is 4.70. The molecule has 1 aliphatic heterocycles. The van der Waals surface area contributed by atoms with Gasteiger partial charge in [0.1, 0.15) is 5.15 Å². The van der Waals surface area contributed by atoms with Crippen LogP contribution in [0, 0.1) is 0 Å². The number of piperidine rings is 1. The number of likely N-dealkylation sites (tertiary alicyclic amines) is 1. The number of nitrogens with zero attached hydrogens (tertiary/aromatic N) is 2. The lowest BCUT2D eigenvalue weighted by molar-refractivity contribution is 0.261. The maximum atomic E-state index is 5.85. The van der Waals surface area contributed by atoms with E-state index >= 15 is 0 Å². The zero-order chi connectivity index (χ0) is 11.5. The van der Waals surface area contributed by atoms with E-state index in [-0.39, 0.29) is 0 Å². The maximum absolute atomic E-state index is 5.85. The first-order valence-corrected chi connectivity index (χ1v) is 5.90. The number of rotatable bonds is 2. The quantitative estimate of drug-likeness (QED) is 0.775. The first-order chi connectivity index (χ1) is 7.65. The molecular weight excluding hydrogens is 224 g/mol. The maximum Gasteiger partial charge on any atom is 0.151 e. The summed E-state index contributed by atoms with van der Waals surface area (Å²) >= 11 is 5.85. The Morgan fingerprint density at radius 3 is 3.12 bits per heavy atom. The van der Waals surface area contributed by atoms with E-state index in [9.17, 15) is 0 Å². The molecule has 88 valence electrons. The number of nitrogens with one attached hydrogen (secondary N) is 1. The lowest BCUT2D eigenvalue weighted by Crippen LogP contribution is -2.40.